The molecule has 0 saturated heterocycles. The van der Waals surface area contributed by atoms with Gasteiger partial charge in [0.2, 0.25) is 0 Å². The molecule has 0 fully saturated rings. The van der Waals surface area contributed by atoms with E-state index in [0.29, 0.717) is 0 Å². The summed E-state index contributed by atoms with van der Waals surface area (Å²) in [7, 11) is 1.63. The van der Waals surface area contributed by atoms with Gasteiger partial charge in [0.25, 0.3) is 0 Å². The van der Waals surface area contributed by atoms with Crippen molar-refractivity contribution < 1.29 is 34.7 Å². The van der Waals surface area contributed by atoms with Gasteiger partial charge in [-0.25, -0.2) is 0 Å². The molecule has 0 spiro atoms. The minimum Gasteiger partial charge on any atom is -0.512 e. The number of ether oxygens (including phenoxy) is 1. The van der Waals surface area contributed by atoms with Gasteiger partial charge in [0.05, 0.1) is 12.9 Å². The Kier molecular flexibility index (Phi) is 9.45. The molecular formula is C14H15IrN2O3S-. The maximum absolute atomic E-state index is 10.0. The summed E-state index contributed by atoms with van der Waals surface area (Å²) < 4.78 is 8.97. The molecule has 7 heteroatoms. The standard InChI is InChI=1S/C9H7N2OS.C5H8O2.Ir/c1-12-8-2-3-10-9(4-8)7-5-11-13-6-7;1-4(6)3-5(2)7;/h2-4,6H,1H3;3,6H,1-2H3;/q-1;;/b;4-3-;. The van der Waals surface area contributed by atoms with E-state index in [1.54, 1.807) is 13.3 Å². The molecule has 5 nitrogen and oxygen atoms in total. The van der Waals surface area contributed by atoms with Crippen LogP contribution in [0, 0.1) is 6.20 Å². The average Bonchev–Trinajstić information content (AvgIpc) is 2.92. The van der Waals surface area contributed by atoms with E-state index in [4.69, 9.17) is 9.84 Å². The van der Waals surface area contributed by atoms with E-state index in [2.05, 4.69) is 15.6 Å². The third-order valence-electron chi connectivity index (χ3n) is 2.04. The molecule has 2 heterocycles. The van der Waals surface area contributed by atoms with E-state index in [1.807, 2.05) is 17.5 Å². The number of aromatic nitrogens is 2. The molecule has 0 atom stereocenters. The Bertz CT molecular complexity index is 582. The van der Waals surface area contributed by atoms with Gasteiger partial charge >= 0.3 is 0 Å². The smallest absolute Gasteiger partial charge is 0.155 e. The third kappa shape index (κ3) is 7.70. The molecule has 2 aromatic rings. The summed E-state index contributed by atoms with van der Waals surface area (Å²) in [5, 5.41) is 10.3. The fourth-order valence-electron chi connectivity index (χ4n) is 1.28. The molecule has 115 valence electrons. The van der Waals surface area contributed by atoms with Gasteiger partial charge in [-0.3, -0.25) is 9.17 Å². The van der Waals surface area contributed by atoms with Gasteiger partial charge in [-0.15, -0.1) is 17.1 Å². The third-order valence-corrected chi connectivity index (χ3v) is 2.58. The zero-order chi connectivity index (χ0) is 15.0. The Hall–Kier alpha value is -1.56. The molecule has 21 heavy (non-hydrogen) atoms. The van der Waals surface area contributed by atoms with Crippen LogP contribution in [0.25, 0.3) is 11.3 Å². The first kappa shape index (κ1) is 19.4. The maximum atomic E-state index is 10.0. The van der Waals surface area contributed by atoms with Crippen molar-refractivity contribution in [1.29, 1.82) is 0 Å². The van der Waals surface area contributed by atoms with Crippen molar-refractivity contribution in [1.82, 2.24) is 9.36 Å². The Balaban J connectivity index is 0.000000436. The molecule has 0 aliphatic rings. The molecule has 0 aliphatic carbocycles. The normalized spacial score (nSPS) is 9.95. The number of aliphatic hydroxyl groups is 1. The second-order valence-electron chi connectivity index (χ2n) is 3.82. The Morgan fingerprint density at radius 1 is 1.48 bits per heavy atom. The molecule has 0 bridgehead atoms. The summed E-state index contributed by atoms with van der Waals surface area (Å²) in [5.41, 5.74) is 1.75. The second kappa shape index (κ2) is 10.2. The number of nitrogens with zero attached hydrogens (tertiary/aromatic N) is 2. The Morgan fingerprint density at radius 2 is 2.19 bits per heavy atom. The number of rotatable bonds is 3. The fourth-order valence-corrected chi connectivity index (χ4v) is 1.76. The van der Waals surface area contributed by atoms with Crippen LogP contribution in [0.4, 0.5) is 0 Å². The van der Waals surface area contributed by atoms with Crippen LogP contribution in [0.5, 0.6) is 5.75 Å². The minimum atomic E-state index is -0.125. The number of pyridine rings is 1. The van der Waals surface area contributed by atoms with Crippen molar-refractivity contribution >= 4 is 17.3 Å². The van der Waals surface area contributed by atoms with Crippen LogP contribution >= 0.6 is 11.5 Å². The van der Waals surface area contributed by atoms with Crippen molar-refractivity contribution in [2.24, 2.45) is 0 Å². The summed E-state index contributed by atoms with van der Waals surface area (Å²) in [4.78, 5) is 14.2. The molecule has 1 N–H and O–H groups in total. The molecule has 2 aromatic heterocycles. The molecule has 0 unspecified atom stereocenters. The second-order valence-corrected chi connectivity index (χ2v) is 4.45. The summed E-state index contributed by atoms with van der Waals surface area (Å²) in [6.45, 7) is 2.85. The van der Waals surface area contributed by atoms with Crippen molar-refractivity contribution in [3.63, 3.8) is 0 Å². The van der Waals surface area contributed by atoms with E-state index in [0.717, 1.165) is 17.0 Å². The number of hydrogen-bond acceptors (Lipinski definition) is 6. The van der Waals surface area contributed by atoms with Gasteiger partial charge in [0.15, 0.2) is 5.78 Å². The summed E-state index contributed by atoms with van der Waals surface area (Å²) in [6.07, 6.45) is 5.73. The van der Waals surface area contributed by atoms with Gasteiger partial charge in [-0.05, 0) is 25.6 Å². The van der Waals surface area contributed by atoms with E-state index in [1.165, 1.54) is 31.5 Å². The quantitative estimate of drug-likeness (QED) is 0.413. The topological polar surface area (TPSA) is 72.3 Å². The minimum absolute atomic E-state index is 0. The number of carbonyl (C=O) groups is 1. The van der Waals surface area contributed by atoms with Crippen molar-refractivity contribution in [3.8, 4) is 17.0 Å². The molecule has 1 radical (unpaired) electrons. The van der Waals surface area contributed by atoms with Crippen LogP contribution in [0.15, 0.2) is 35.5 Å². The predicted octanol–water partition coefficient (Wildman–Crippen LogP) is 3.05. The Morgan fingerprint density at radius 3 is 2.62 bits per heavy atom. The van der Waals surface area contributed by atoms with Crippen LogP contribution in [0.1, 0.15) is 13.8 Å². The largest absolute Gasteiger partial charge is 0.512 e. The van der Waals surface area contributed by atoms with E-state index >= 15 is 0 Å². The maximum Gasteiger partial charge on any atom is 0.155 e. The van der Waals surface area contributed by atoms with Crippen LogP contribution in [0.2, 0.25) is 0 Å². The first-order chi connectivity index (χ1) is 9.52. The zero-order valence-electron chi connectivity index (χ0n) is 11.8. The van der Waals surface area contributed by atoms with Crippen LogP contribution in [0.3, 0.4) is 0 Å². The van der Waals surface area contributed by atoms with Gasteiger partial charge in [-0.2, -0.15) is 0 Å². The van der Waals surface area contributed by atoms with E-state index in [9.17, 15) is 4.79 Å². The molecule has 0 aliphatic heterocycles. The first-order valence-corrected chi connectivity index (χ1v) is 6.57. The summed E-state index contributed by atoms with van der Waals surface area (Å²) >= 11 is 1.36. The number of aliphatic hydroxyl groups excluding tert-OH is 1. The van der Waals surface area contributed by atoms with Crippen LogP contribution < -0.4 is 4.74 Å². The van der Waals surface area contributed by atoms with E-state index in [-0.39, 0.29) is 31.6 Å². The van der Waals surface area contributed by atoms with Gasteiger partial charge in [-0.1, -0.05) is 17.6 Å². The van der Waals surface area contributed by atoms with Gasteiger partial charge in [0.1, 0.15) is 5.75 Å². The van der Waals surface area contributed by atoms with Crippen LogP contribution in [-0.4, -0.2) is 27.4 Å². The number of methoxy groups -OCH3 is 1. The zero-order valence-corrected chi connectivity index (χ0v) is 15.0. The summed E-state index contributed by atoms with van der Waals surface area (Å²) in [6, 6.07) is 3.67. The van der Waals surface area contributed by atoms with Crippen LogP contribution in [-0.2, 0) is 24.9 Å². The van der Waals surface area contributed by atoms with E-state index < -0.39 is 0 Å². The number of allylic oxidation sites excluding steroid dienone is 2. The van der Waals surface area contributed by atoms with Crippen molar-refractivity contribution in [2.75, 3.05) is 7.11 Å². The monoisotopic (exact) mass is 484 g/mol. The number of ketones is 1. The predicted molar refractivity (Wildman–Crippen MR) is 77.8 cm³/mol. The molecule has 2 rings (SSSR count). The summed E-state index contributed by atoms with van der Waals surface area (Å²) in [5.74, 6) is 0.733. The van der Waals surface area contributed by atoms with Gasteiger partial charge < -0.3 is 14.8 Å². The SMILES string of the molecule is CC(=O)/C=C(/C)O.COc1ccnc(-c2[c-]nsc2)c1.[Ir]. The number of carbonyl (C=O) groups excluding carboxylic acids is 1. The van der Waals surface area contributed by atoms with Crippen molar-refractivity contribution in [2.45, 2.75) is 13.8 Å². The Labute approximate surface area is 141 Å². The number of hydrogen-bond donors (Lipinski definition) is 1. The fraction of sp³-hybridized carbons (Fsp3) is 0.214. The van der Waals surface area contributed by atoms with Gasteiger partial charge in [0, 0.05) is 32.4 Å². The average molecular weight is 484 g/mol. The molecule has 0 saturated carbocycles. The molecular weight excluding hydrogens is 468 g/mol. The molecule has 0 aromatic carbocycles. The van der Waals surface area contributed by atoms with Crippen molar-refractivity contribution in [3.05, 3.63) is 41.7 Å². The first-order valence-electron chi connectivity index (χ1n) is 5.73. The molecule has 0 amide bonds.